The Kier molecular flexibility index (Phi) is 2.69. The second kappa shape index (κ2) is 3.85. The number of anilines is 1. The Bertz CT molecular complexity index is 432. The lowest BCUT2D eigenvalue weighted by Gasteiger charge is -2.25. The molecule has 1 aliphatic rings. The lowest BCUT2D eigenvalue weighted by Crippen LogP contribution is -2.11. The highest BCUT2D eigenvalue weighted by Gasteiger charge is 2.18. The van der Waals surface area contributed by atoms with Crippen LogP contribution >= 0.6 is 0 Å². The molecule has 0 unspecified atom stereocenters. The topological polar surface area (TPSA) is 46.2 Å². The Balaban J connectivity index is 2.10. The highest BCUT2D eigenvalue weighted by molar-refractivity contribution is 7.92. The van der Waals surface area contributed by atoms with Crippen LogP contribution in [0.4, 0.5) is 5.69 Å². The molecular formula is C11H15NO2S. The smallest absolute Gasteiger partial charge is 0.229 e. The predicted octanol–water partition coefficient (Wildman–Crippen LogP) is 2.33. The number of sulfonamides is 1. The van der Waals surface area contributed by atoms with Gasteiger partial charge in [-0.2, -0.15) is 0 Å². The lowest BCUT2D eigenvalue weighted by atomic mass is 9.80. The van der Waals surface area contributed by atoms with Gasteiger partial charge in [-0.15, -0.1) is 0 Å². The summed E-state index contributed by atoms with van der Waals surface area (Å²) in [4.78, 5) is 0. The molecule has 0 bridgehead atoms. The molecule has 0 saturated heterocycles. The molecule has 0 heterocycles. The first-order chi connectivity index (χ1) is 7.04. The summed E-state index contributed by atoms with van der Waals surface area (Å²) in [5.74, 6) is 0.692. The number of nitrogens with one attached hydrogen (secondary N) is 1. The molecule has 0 radical (unpaired) electrons. The van der Waals surface area contributed by atoms with E-state index in [1.807, 2.05) is 24.3 Å². The van der Waals surface area contributed by atoms with E-state index in [1.54, 1.807) is 0 Å². The van der Waals surface area contributed by atoms with Crippen LogP contribution < -0.4 is 4.72 Å². The molecule has 0 amide bonds. The summed E-state index contributed by atoms with van der Waals surface area (Å²) < 4.78 is 24.4. The first kappa shape index (κ1) is 10.5. The monoisotopic (exact) mass is 225 g/mol. The van der Waals surface area contributed by atoms with Crippen LogP contribution in [-0.4, -0.2) is 14.7 Å². The van der Waals surface area contributed by atoms with Crippen LogP contribution in [0.2, 0.25) is 0 Å². The maximum absolute atomic E-state index is 11.0. The number of hydrogen-bond acceptors (Lipinski definition) is 2. The van der Waals surface area contributed by atoms with Gasteiger partial charge in [-0.3, -0.25) is 4.72 Å². The summed E-state index contributed by atoms with van der Waals surface area (Å²) in [5, 5.41) is 0. The van der Waals surface area contributed by atoms with Crippen LogP contribution in [0.15, 0.2) is 24.3 Å². The Morgan fingerprint density at radius 3 is 2.20 bits per heavy atom. The molecule has 2 rings (SSSR count). The van der Waals surface area contributed by atoms with Crippen LogP contribution in [0.3, 0.4) is 0 Å². The highest BCUT2D eigenvalue weighted by Crippen LogP contribution is 2.36. The normalized spacial score (nSPS) is 17.1. The fourth-order valence-corrected chi connectivity index (χ4v) is 2.34. The average Bonchev–Trinajstić information content (AvgIpc) is 2.02. The van der Waals surface area contributed by atoms with Gasteiger partial charge in [0.2, 0.25) is 10.0 Å². The number of rotatable bonds is 3. The van der Waals surface area contributed by atoms with Crippen molar-refractivity contribution in [2.24, 2.45) is 0 Å². The SMILES string of the molecule is CS(=O)(=O)Nc1ccc(C2CCC2)cc1. The van der Waals surface area contributed by atoms with Gasteiger partial charge in [-0.1, -0.05) is 18.6 Å². The van der Waals surface area contributed by atoms with Gasteiger partial charge in [0, 0.05) is 5.69 Å². The Morgan fingerprint density at radius 1 is 1.20 bits per heavy atom. The summed E-state index contributed by atoms with van der Waals surface area (Å²) in [7, 11) is -3.15. The third-order valence-corrected chi connectivity index (χ3v) is 3.40. The number of hydrogen-bond donors (Lipinski definition) is 1. The zero-order valence-electron chi connectivity index (χ0n) is 8.73. The Hall–Kier alpha value is -1.03. The molecule has 15 heavy (non-hydrogen) atoms. The zero-order valence-corrected chi connectivity index (χ0v) is 9.55. The number of benzene rings is 1. The molecule has 1 saturated carbocycles. The van der Waals surface area contributed by atoms with Gasteiger partial charge in [-0.05, 0) is 36.5 Å². The lowest BCUT2D eigenvalue weighted by molar-refractivity contribution is 0.420. The van der Waals surface area contributed by atoms with E-state index in [2.05, 4.69) is 4.72 Å². The van der Waals surface area contributed by atoms with Crippen molar-refractivity contribution >= 4 is 15.7 Å². The molecule has 0 spiro atoms. The Labute approximate surface area is 90.6 Å². The third-order valence-electron chi connectivity index (χ3n) is 2.79. The molecule has 0 aromatic heterocycles. The zero-order chi connectivity index (χ0) is 10.9. The van der Waals surface area contributed by atoms with E-state index >= 15 is 0 Å². The summed E-state index contributed by atoms with van der Waals surface area (Å²) in [6, 6.07) is 7.68. The van der Waals surface area contributed by atoms with Gasteiger partial charge in [0.25, 0.3) is 0 Å². The summed E-state index contributed by atoms with van der Waals surface area (Å²) in [6.07, 6.45) is 5.00. The molecular weight excluding hydrogens is 210 g/mol. The average molecular weight is 225 g/mol. The van der Waals surface area contributed by atoms with Crippen molar-refractivity contribution in [1.82, 2.24) is 0 Å². The molecule has 4 heteroatoms. The maximum Gasteiger partial charge on any atom is 0.229 e. The van der Waals surface area contributed by atoms with E-state index in [-0.39, 0.29) is 0 Å². The summed E-state index contributed by atoms with van der Waals surface area (Å²) >= 11 is 0. The minimum atomic E-state index is -3.15. The van der Waals surface area contributed by atoms with Gasteiger partial charge >= 0.3 is 0 Å². The van der Waals surface area contributed by atoms with Crippen molar-refractivity contribution in [3.8, 4) is 0 Å². The maximum atomic E-state index is 11.0. The third kappa shape index (κ3) is 2.72. The molecule has 1 N–H and O–H groups in total. The van der Waals surface area contributed by atoms with Crippen molar-refractivity contribution in [1.29, 1.82) is 0 Å². The van der Waals surface area contributed by atoms with Crippen LogP contribution in [0.5, 0.6) is 0 Å². The molecule has 82 valence electrons. The molecule has 3 nitrogen and oxygen atoms in total. The molecule has 0 atom stereocenters. The van der Waals surface area contributed by atoms with Crippen molar-refractivity contribution in [2.75, 3.05) is 11.0 Å². The fourth-order valence-electron chi connectivity index (χ4n) is 1.78. The first-order valence-corrected chi connectivity index (χ1v) is 7.01. The molecule has 1 aliphatic carbocycles. The summed E-state index contributed by atoms with van der Waals surface area (Å²) in [6.45, 7) is 0. The largest absolute Gasteiger partial charge is 0.284 e. The molecule has 0 aliphatic heterocycles. The van der Waals surface area contributed by atoms with Crippen molar-refractivity contribution in [2.45, 2.75) is 25.2 Å². The summed E-state index contributed by atoms with van der Waals surface area (Å²) in [5.41, 5.74) is 1.96. The quantitative estimate of drug-likeness (QED) is 0.858. The van der Waals surface area contributed by atoms with E-state index in [1.165, 1.54) is 24.8 Å². The second-order valence-electron chi connectivity index (χ2n) is 4.12. The van der Waals surface area contributed by atoms with Gasteiger partial charge in [0.05, 0.1) is 6.26 Å². The molecule has 1 fully saturated rings. The van der Waals surface area contributed by atoms with E-state index in [0.29, 0.717) is 11.6 Å². The molecule has 1 aromatic carbocycles. The van der Waals surface area contributed by atoms with Crippen molar-refractivity contribution in [3.63, 3.8) is 0 Å². The van der Waals surface area contributed by atoms with Crippen LogP contribution in [0.1, 0.15) is 30.7 Å². The van der Waals surface area contributed by atoms with Crippen molar-refractivity contribution < 1.29 is 8.42 Å². The van der Waals surface area contributed by atoms with Crippen molar-refractivity contribution in [3.05, 3.63) is 29.8 Å². The van der Waals surface area contributed by atoms with Crippen LogP contribution in [-0.2, 0) is 10.0 Å². The fraction of sp³-hybridized carbons (Fsp3) is 0.455. The first-order valence-electron chi connectivity index (χ1n) is 5.12. The van der Waals surface area contributed by atoms with Gasteiger partial charge < -0.3 is 0 Å². The van der Waals surface area contributed by atoms with E-state index in [9.17, 15) is 8.42 Å². The van der Waals surface area contributed by atoms with Gasteiger partial charge in [0.15, 0.2) is 0 Å². The van der Waals surface area contributed by atoms with E-state index in [0.717, 1.165) is 6.26 Å². The van der Waals surface area contributed by atoms with Crippen LogP contribution in [0, 0.1) is 0 Å². The Morgan fingerprint density at radius 2 is 1.80 bits per heavy atom. The molecule has 1 aromatic rings. The second-order valence-corrected chi connectivity index (χ2v) is 5.87. The minimum absolute atomic E-state index is 0.639. The van der Waals surface area contributed by atoms with E-state index in [4.69, 9.17) is 0 Å². The van der Waals surface area contributed by atoms with E-state index < -0.39 is 10.0 Å². The highest BCUT2D eigenvalue weighted by atomic mass is 32.2. The van der Waals surface area contributed by atoms with Gasteiger partial charge in [-0.25, -0.2) is 8.42 Å². The van der Waals surface area contributed by atoms with Gasteiger partial charge in [0.1, 0.15) is 0 Å². The predicted molar refractivity (Wildman–Crippen MR) is 61.5 cm³/mol. The van der Waals surface area contributed by atoms with Crippen LogP contribution in [0.25, 0.3) is 0 Å². The standard InChI is InChI=1S/C11H15NO2S/c1-15(13,14)12-11-7-5-10(6-8-11)9-3-2-4-9/h5-9,12H,2-4H2,1H3. The minimum Gasteiger partial charge on any atom is -0.284 e.